The van der Waals surface area contributed by atoms with Gasteiger partial charge >= 0.3 is 0 Å². The number of likely N-dealkylation sites (tertiary alicyclic amines) is 1. The summed E-state index contributed by atoms with van der Waals surface area (Å²) < 4.78 is 6.37. The molecule has 3 heterocycles. The molecule has 0 saturated carbocycles. The van der Waals surface area contributed by atoms with Crippen LogP contribution in [0.15, 0.2) is 47.1 Å². The van der Waals surface area contributed by atoms with E-state index in [0.717, 1.165) is 0 Å². The number of hydrogen-bond donors (Lipinski definition) is 1. The van der Waals surface area contributed by atoms with Gasteiger partial charge in [0.1, 0.15) is 5.76 Å². The number of aryl methyl sites for hydroxylation is 1. The molecule has 0 radical (unpaired) electrons. The van der Waals surface area contributed by atoms with Gasteiger partial charge in [-0.3, -0.25) is 19.7 Å². The van der Waals surface area contributed by atoms with Crippen LogP contribution in [-0.4, -0.2) is 49.7 Å². The Bertz CT molecular complexity index is 1130. The number of nitro benzene ring substituents is 1. The molecule has 2 aromatic heterocycles. The van der Waals surface area contributed by atoms with Gasteiger partial charge in [-0.25, -0.2) is 4.68 Å². The van der Waals surface area contributed by atoms with Crippen LogP contribution < -0.4 is 5.32 Å². The van der Waals surface area contributed by atoms with Crippen molar-refractivity contribution in [2.45, 2.75) is 19.8 Å². The lowest BCUT2D eigenvalue weighted by atomic mass is 9.95. The third kappa shape index (κ3) is 4.44. The normalized spacial score (nSPS) is 14.4. The van der Waals surface area contributed by atoms with E-state index in [0.29, 0.717) is 43.2 Å². The molecule has 11 nitrogen and oxygen atoms in total. The van der Waals surface area contributed by atoms with E-state index in [1.165, 1.54) is 16.8 Å². The Kier molecular flexibility index (Phi) is 5.48. The minimum atomic E-state index is -0.483. The van der Waals surface area contributed by atoms with Crippen LogP contribution in [-0.2, 0) is 4.79 Å². The summed E-state index contributed by atoms with van der Waals surface area (Å²) in [6, 6.07) is 9.24. The Morgan fingerprint density at radius 2 is 2.00 bits per heavy atom. The van der Waals surface area contributed by atoms with Gasteiger partial charge in [-0.1, -0.05) is 11.2 Å². The number of carbonyl (C=O) groups is 2. The number of nitro groups is 1. The summed E-state index contributed by atoms with van der Waals surface area (Å²) in [4.78, 5) is 37.3. The zero-order valence-corrected chi connectivity index (χ0v) is 16.7. The molecule has 1 saturated heterocycles. The third-order valence-electron chi connectivity index (χ3n) is 5.15. The fourth-order valence-electron chi connectivity index (χ4n) is 3.49. The van der Waals surface area contributed by atoms with Gasteiger partial charge in [0.25, 0.3) is 11.6 Å². The maximum atomic E-state index is 12.8. The summed E-state index contributed by atoms with van der Waals surface area (Å²) in [5.74, 6) is 0.391. The SMILES string of the molecule is Cc1cc(NC(=O)C2CCN(C(=O)c3ccn(-c4cccc([N+](=O)[O-])c4)n3)CC2)no1. The first-order valence-electron chi connectivity index (χ1n) is 9.74. The zero-order valence-electron chi connectivity index (χ0n) is 16.7. The number of nitrogens with zero attached hydrogens (tertiary/aromatic N) is 5. The van der Waals surface area contributed by atoms with E-state index in [-0.39, 0.29) is 29.1 Å². The number of benzene rings is 1. The number of nitrogens with one attached hydrogen (secondary N) is 1. The molecule has 0 aliphatic carbocycles. The molecule has 0 spiro atoms. The molecule has 1 aliphatic rings. The van der Waals surface area contributed by atoms with Gasteiger partial charge in [0.15, 0.2) is 11.5 Å². The van der Waals surface area contributed by atoms with Crippen molar-refractivity contribution in [3.05, 3.63) is 64.2 Å². The fraction of sp³-hybridized carbons (Fsp3) is 0.300. The molecule has 11 heteroatoms. The van der Waals surface area contributed by atoms with Crippen LogP contribution >= 0.6 is 0 Å². The molecule has 160 valence electrons. The highest BCUT2D eigenvalue weighted by Crippen LogP contribution is 2.21. The van der Waals surface area contributed by atoms with E-state index >= 15 is 0 Å². The standard InChI is InChI=1S/C20H20N6O5/c1-13-11-18(23-31-13)21-19(27)14-5-8-24(9-6-14)20(28)17-7-10-25(22-17)15-3-2-4-16(12-15)26(29)30/h2-4,7,10-12,14H,5-6,8-9H2,1H3,(H,21,23,27). The second kappa shape index (κ2) is 8.38. The lowest BCUT2D eigenvalue weighted by Gasteiger charge is -2.30. The lowest BCUT2D eigenvalue weighted by Crippen LogP contribution is -2.41. The number of amides is 2. The second-order valence-electron chi connectivity index (χ2n) is 7.30. The van der Waals surface area contributed by atoms with Crippen molar-refractivity contribution >= 4 is 23.3 Å². The Balaban J connectivity index is 1.36. The number of rotatable bonds is 5. The van der Waals surface area contributed by atoms with Crippen molar-refractivity contribution in [1.29, 1.82) is 0 Å². The van der Waals surface area contributed by atoms with Crippen molar-refractivity contribution in [1.82, 2.24) is 19.8 Å². The van der Waals surface area contributed by atoms with Crippen molar-refractivity contribution < 1.29 is 19.0 Å². The first-order chi connectivity index (χ1) is 14.9. The topological polar surface area (TPSA) is 136 Å². The molecule has 1 aliphatic heterocycles. The summed E-state index contributed by atoms with van der Waals surface area (Å²) in [5, 5.41) is 21.7. The third-order valence-corrected chi connectivity index (χ3v) is 5.15. The van der Waals surface area contributed by atoms with Crippen LogP contribution in [0.5, 0.6) is 0 Å². The smallest absolute Gasteiger partial charge is 0.274 e. The van der Waals surface area contributed by atoms with E-state index in [4.69, 9.17) is 4.52 Å². The number of non-ortho nitro benzene ring substituents is 1. The molecular formula is C20H20N6O5. The molecule has 1 fully saturated rings. The van der Waals surface area contributed by atoms with Gasteiger partial charge in [0.2, 0.25) is 5.91 Å². The summed E-state index contributed by atoms with van der Waals surface area (Å²) >= 11 is 0. The number of carbonyl (C=O) groups excluding carboxylic acids is 2. The molecule has 0 bridgehead atoms. The Morgan fingerprint density at radius 3 is 2.68 bits per heavy atom. The molecule has 31 heavy (non-hydrogen) atoms. The van der Waals surface area contributed by atoms with Crippen LogP contribution in [0.1, 0.15) is 29.1 Å². The highest BCUT2D eigenvalue weighted by molar-refractivity contribution is 5.93. The maximum absolute atomic E-state index is 12.8. The van der Waals surface area contributed by atoms with Crippen molar-refractivity contribution in [3.63, 3.8) is 0 Å². The van der Waals surface area contributed by atoms with E-state index in [1.807, 2.05) is 0 Å². The van der Waals surface area contributed by atoms with Gasteiger partial charge in [-0.15, -0.1) is 0 Å². The number of hydrogen-bond acceptors (Lipinski definition) is 7. The van der Waals surface area contributed by atoms with Crippen molar-refractivity contribution in [3.8, 4) is 5.69 Å². The van der Waals surface area contributed by atoms with Crippen LogP contribution in [0.25, 0.3) is 5.69 Å². The number of anilines is 1. The van der Waals surface area contributed by atoms with Crippen LogP contribution in [0, 0.1) is 23.0 Å². The second-order valence-corrected chi connectivity index (χ2v) is 7.30. The van der Waals surface area contributed by atoms with Gasteiger partial charge in [-0.05, 0) is 31.9 Å². The summed E-state index contributed by atoms with van der Waals surface area (Å²) in [6.07, 6.45) is 2.65. The van der Waals surface area contributed by atoms with E-state index in [9.17, 15) is 19.7 Å². The van der Waals surface area contributed by atoms with Crippen LogP contribution in [0.2, 0.25) is 0 Å². The highest BCUT2D eigenvalue weighted by Gasteiger charge is 2.29. The summed E-state index contributed by atoms with van der Waals surface area (Å²) in [6.45, 7) is 2.60. The van der Waals surface area contributed by atoms with E-state index in [2.05, 4.69) is 15.6 Å². The Morgan fingerprint density at radius 1 is 1.23 bits per heavy atom. The minimum Gasteiger partial charge on any atom is -0.360 e. The van der Waals surface area contributed by atoms with E-state index < -0.39 is 4.92 Å². The maximum Gasteiger partial charge on any atom is 0.274 e. The molecule has 4 rings (SSSR count). The molecule has 1 N–H and O–H groups in total. The molecule has 0 unspecified atom stereocenters. The first kappa shape index (κ1) is 20.3. The Labute approximate surface area is 176 Å². The largest absolute Gasteiger partial charge is 0.360 e. The molecule has 2 amide bonds. The summed E-state index contributed by atoms with van der Waals surface area (Å²) in [5.41, 5.74) is 0.682. The van der Waals surface area contributed by atoms with Gasteiger partial charge in [-0.2, -0.15) is 5.10 Å². The quantitative estimate of drug-likeness (QED) is 0.491. The highest BCUT2D eigenvalue weighted by atomic mass is 16.6. The van der Waals surface area contributed by atoms with Crippen LogP contribution in [0.4, 0.5) is 11.5 Å². The average molecular weight is 424 g/mol. The molecule has 0 atom stereocenters. The fourth-order valence-corrected chi connectivity index (χ4v) is 3.49. The van der Waals surface area contributed by atoms with Gasteiger partial charge in [0.05, 0.1) is 10.6 Å². The predicted octanol–water partition coefficient (Wildman–Crippen LogP) is 2.57. The van der Waals surface area contributed by atoms with Crippen LogP contribution in [0.3, 0.4) is 0 Å². The monoisotopic (exact) mass is 424 g/mol. The predicted molar refractivity (Wildman–Crippen MR) is 109 cm³/mol. The van der Waals surface area contributed by atoms with Gasteiger partial charge < -0.3 is 14.7 Å². The van der Waals surface area contributed by atoms with Gasteiger partial charge in [0, 0.05) is 43.4 Å². The lowest BCUT2D eigenvalue weighted by molar-refractivity contribution is -0.384. The summed E-state index contributed by atoms with van der Waals surface area (Å²) in [7, 11) is 0. The number of aromatic nitrogens is 3. The number of piperidine rings is 1. The van der Waals surface area contributed by atoms with Crippen molar-refractivity contribution in [2.24, 2.45) is 5.92 Å². The van der Waals surface area contributed by atoms with E-state index in [1.54, 1.807) is 42.3 Å². The zero-order chi connectivity index (χ0) is 22.0. The molecule has 1 aromatic carbocycles. The molecular weight excluding hydrogens is 404 g/mol. The minimum absolute atomic E-state index is 0.0537. The van der Waals surface area contributed by atoms with Crippen molar-refractivity contribution in [2.75, 3.05) is 18.4 Å². The molecule has 3 aromatic rings. The Hall–Kier alpha value is -4.02. The average Bonchev–Trinajstić information content (AvgIpc) is 3.43. The first-order valence-corrected chi connectivity index (χ1v) is 9.74.